The summed E-state index contributed by atoms with van der Waals surface area (Å²) in [5.41, 5.74) is 0.543. The third-order valence-corrected chi connectivity index (χ3v) is 1.77. The van der Waals surface area contributed by atoms with Crippen LogP contribution in [0.5, 0.6) is 11.5 Å². The Labute approximate surface area is 69.5 Å². The number of para-hydroxylation sites is 1. The summed E-state index contributed by atoms with van der Waals surface area (Å²) in [5.74, 6) is 0.580. The highest BCUT2D eigenvalue weighted by Gasteiger charge is 2.15. The largest absolute Gasteiger partial charge is 0.507 e. The summed E-state index contributed by atoms with van der Waals surface area (Å²) in [6, 6.07) is 4.88. The first-order valence-corrected chi connectivity index (χ1v) is 3.63. The topological polar surface area (TPSA) is 49.7 Å². The number of aliphatic hydroxyl groups is 1. The highest BCUT2D eigenvalue weighted by atomic mass is 16.5. The third kappa shape index (κ3) is 0.906. The van der Waals surface area contributed by atoms with Crippen LogP contribution in [0.2, 0.25) is 0 Å². The third-order valence-electron chi connectivity index (χ3n) is 1.77. The van der Waals surface area contributed by atoms with E-state index in [0.29, 0.717) is 17.9 Å². The number of ether oxygens (including phenoxy) is 1. The van der Waals surface area contributed by atoms with E-state index in [9.17, 15) is 10.2 Å². The molecule has 0 saturated carbocycles. The Balaban J connectivity index is 2.62. The highest BCUT2D eigenvalue weighted by molar-refractivity contribution is 5.69. The molecule has 1 aromatic carbocycles. The Morgan fingerprint density at radius 3 is 2.83 bits per heavy atom. The first kappa shape index (κ1) is 7.03. The molecule has 0 aromatic heterocycles. The molecule has 0 fully saturated rings. The Kier molecular flexibility index (Phi) is 1.43. The lowest BCUT2D eigenvalue weighted by atomic mass is 10.1. The van der Waals surface area contributed by atoms with Gasteiger partial charge in [-0.25, -0.2) is 0 Å². The Bertz CT molecular complexity index is 342. The van der Waals surface area contributed by atoms with Crippen LogP contribution in [-0.2, 0) is 0 Å². The van der Waals surface area contributed by atoms with Crippen LogP contribution in [0.4, 0.5) is 0 Å². The fourth-order valence-corrected chi connectivity index (χ4v) is 1.19. The van der Waals surface area contributed by atoms with E-state index < -0.39 is 0 Å². The van der Waals surface area contributed by atoms with Gasteiger partial charge in [-0.2, -0.15) is 0 Å². The summed E-state index contributed by atoms with van der Waals surface area (Å²) in [7, 11) is 0. The maximum atomic E-state index is 9.36. The highest BCUT2D eigenvalue weighted by Crippen LogP contribution is 2.35. The van der Waals surface area contributed by atoms with Crippen LogP contribution in [0, 0.1) is 0 Å². The number of phenolic OH excluding ortho intramolecular Hbond substituents is 1. The van der Waals surface area contributed by atoms with E-state index in [1.807, 2.05) is 0 Å². The van der Waals surface area contributed by atoms with E-state index in [0.717, 1.165) is 0 Å². The second kappa shape index (κ2) is 2.44. The van der Waals surface area contributed by atoms with Gasteiger partial charge in [0.1, 0.15) is 12.4 Å². The predicted octanol–water partition coefficient (Wildman–Crippen LogP) is 1.68. The Morgan fingerprint density at radius 1 is 1.25 bits per heavy atom. The molecule has 0 saturated heterocycles. The Morgan fingerprint density at radius 2 is 2.08 bits per heavy atom. The van der Waals surface area contributed by atoms with Gasteiger partial charge in [0, 0.05) is 0 Å². The number of phenols is 1. The van der Waals surface area contributed by atoms with Crippen LogP contribution in [0.25, 0.3) is 5.76 Å². The molecule has 3 nitrogen and oxygen atoms in total. The monoisotopic (exact) mass is 164 g/mol. The molecule has 0 aliphatic carbocycles. The van der Waals surface area contributed by atoms with Gasteiger partial charge in [-0.1, -0.05) is 6.07 Å². The molecular formula is C9H8O3. The quantitative estimate of drug-likeness (QED) is 0.613. The van der Waals surface area contributed by atoms with E-state index in [-0.39, 0.29) is 11.5 Å². The summed E-state index contributed by atoms with van der Waals surface area (Å²) < 4.78 is 5.14. The van der Waals surface area contributed by atoms with Gasteiger partial charge in [0.05, 0.1) is 5.56 Å². The van der Waals surface area contributed by atoms with Gasteiger partial charge in [-0.3, -0.25) is 0 Å². The lowest BCUT2D eigenvalue weighted by molar-refractivity contribution is 0.322. The second-order valence-corrected chi connectivity index (χ2v) is 2.55. The standard InChI is InChI=1S/C9H8O3/c10-7-4-5-12-9-6(7)2-1-3-8(9)11/h1-4,10-11H,5H2. The lowest BCUT2D eigenvalue weighted by Crippen LogP contribution is -2.04. The van der Waals surface area contributed by atoms with Gasteiger partial charge in [0.15, 0.2) is 11.5 Å². The molecule has 1 aliphatic rings. The summed E-state index contributed by atoms with van der Waals surface area (Å²) in [6.07, 6.45) is 1.56. The van der Waals surface area contributed by atoms with Crippen molar-refractivity contribution in [2.75, 3.05) is 6.61 Å². The van der Waals surface area contributed by atoms with E-state index >= 15 is 0 Å². The van der Waals surface area contributed by atoms with Crippen LogP contribution < -0.4 is 4.74 Å². The van der Waals surface area contributed by atoms with Crippen LogP contribution in [-0.4, -0.2) is 16.8 Å². The number of aromatic hydroxyl groups is 1. The normalized spacial score (nSPS) is 14.5. The second-order valence-electron chi connectivity index (χ2n) is 2.55. The number of benzene rings is 1. The molecule has 62 valence electrons. The van der Waals surface area contributed by atoms with Crippen molar-refractivity contribution in [3.05, 3.63) is 29.8 Å². The molecular weight excluding hydrogens is 156 g/mol. The fourth-order valence-electron chi connectivity index (χ4n) is 1.19. The van der Waals surface area contributed by atoms with Gasteiger partial charge < -0.3 is 14.9 Å². The molecule has 0 spiro atoms. The van der Waals surface area contributed by atoms with Crippen molar-refractivity contribution >= 4 is 5.76 Å². The minimum absolute atomic E-state index is 0.0622. The zero-order valence-corrected chi connectivity index (χ0v) is 6.32. The van der Waals surface area contributed by atoms with E-state index in [2.05, 4.69) is 0 Å². The van der Waals surface area contributed by atoms with Crippen molar-refractivity contribution in [2.24, 2.45) is 0 Å². The van der Waals surface area contributed by atoms with E-state index in [1.54, 1.807) is 18.2 Å². The molecule has 1 heterocycles. The summed E-state index contributed by atoms with van der Waals surface area (Å²) in [5, 5.41) is 18.7. The summed E-state index contributed by atoms with van der Waals surface area (Å²) in [4.78, 5) is 0. The van der Waals surface area contributed by atoms with Crippen molar-refractivity contribution in [3.8, 4) is 11.5 Å². The SMILES string of the molecule is OC1=CCOc2c(O)cccc21. The zero-order valence-electron chi connectivity index (χ0n) is 6.32. The number of fused-ring (bicyclic) bond motifs is 1. The summed E-state index contributed by atoms with van der Waals surface area (Å²) in [6.45, 7) is 0.302. The molecule has 0 atom stereocenters. The minimum atomic E-state index is 0.0622. The molecule has 1 aromatic rings. The zero-order chi connectivity index (χ0) is 8.55. The number of rotatable bonds is 0. The van der Waals surface area contributed by atoms with Crippen LogP contribution in [0.3, 0.4) is 0 Å². The maximum absolute atomic E-state index is 9.36. The molecule has 0 unspecified atom stereocenters. The van der Waals surface area contributed by atoms with Crippen LogP contribution in [0.15, 0.2) is 24.3 Å². The van der Waals surface area contributed by atoms with Crippen molar-refractivity contribution in [2.45, 2.75) is 0 Å². The number of hydrogen-bond acceptors (Lipinski definition) is 3. The van der Waals surface area contributed by atoms with Crippen molar-refractivity contribution < 1.29 is 14.9 Å². The van der Waals surface area contributed by atoms with Crippen molar-refractivity contribution in [3.63, 3.8) is 0 Å². The maximum Gasteiger partial charge on any atom is 0.172 e. The molecule has 0 amide bonds. The first-order chi connectivity index (χ1) is 5.79. The van der Waals surface area contributed by atoms with Crippen molar-refractivity contribution in [1.29, 1.82) is 0 Å². The average Bonchev–Trinajstić information content (AvgIpc) is 2.07. The van der Waals surface area contributed by atoms with Crippen molar-refractivity contribution in [1.82, 2.24) is 0 Å². The molecule has 1 aliphatic heterocycles. The van der Waals surface area contributed by atoms with Gasteiger partial charge >= 0.3 is 0 Å². The van der Waals surface area contributed by atoms with E-state index in [4.69, 9.17) is 4.74 Å². The fraction of sp³-hybridized carbons (Fsp3) is 0.111. The van der Waals surface area contributed by atoms with Crippen LogP contribution in [0.1, 0.15) is 5.56 Å². The van der Waals surface area contributed by atoms with Gasteiger partial charge in [0.25, 0.3) is 0 Å². The molecule has 3 heteroatoms. The smallest absolute Gasteiger partial charge is 0.172 e. The predicted molar refractivity (Wildman–Crippen MR) is 44.2 cm³/mol. The molecule has 2 N–H and O–H groups in total. The van der Waals surface area contributed by atoms with Crippen LogP contribution >= 0.6 is 0 Å². The molecule has 0 bridgehead atoms. The molecule has 2 rings (SSSR count). The minimum Gasteiger partial charge on any atom is -0.507 e. The van der Waals surface area contributed by atoms with Gasteiger partial charge in [-0.15, -0.1) is 0 Å². The van der Waals surface area contributed by atoms with Gasteiger partial charge in [-0.05, 0) is 18.2 Å². The first-order valence-electron chi connectivity index (χ1n) is 3.63. The van der Waals surface area contributed by atoms with Gasteiger partial charge in [0.2, 0.25) is 0 Å². The lowest BCUT2D eigenvalue weighted by Gasteiger charge is -2.15. The molecule has 0 radical (unpaired) electrons. The molecule has 12 heavy (non-hydrogen) atoms. The number of hydrogen-bond donors (Lipinski definition) is 2. The summed E-state index contributed by atoms with van der Waals surface area (Å²) >= 11 is 0. The van der Waals surface area contributed by atoms with E-state index in [1.165, 1.54) is 6.07 Å². The number of aliphatic hydroxyl groups excluding tert-OH is 1. The average molecular weight is 164 g/mol. The Hall–Kier alpha value is -1.64.